The summed E-state index contributed by atoms with van der Waals surface area (Å²) in [6.07, 6.45) is -2.74. The molecule has 3 rings (SSSR count). The lowest BCUT2D eigenvalue weighted by Gasteiger charge is -2.21. The highest BCUT2D eigenvalue weighted by Crippen LogP contribution is 2.29. The molecular weight excluding hydrogens is 413 g/mol. The highest BCUT2D eigenvalue weighted by atomic mass is 19.4. The van der Waals surface area contributed by atoms with Gasteiger partial charge in [0.1, 0.15) is 11.6 Å². The van der Waals surface area contributed by atoms with E-state index in [4.69, 9.17) is 4.74 Å². The van der Waals surface area contributed by atoms with Crippen LogP contribution in [-0.2, 0) is 4.74 Å². The Morgan fingerprint density at radius 3 is 2.71 bits per heavy atom. The summed E-state index contributed by atoms with van der Waals surface area (Å²) in [5, 5.41) is 16.0. The third kappa shape index (κ3) is 6.96. The number of nitrogens with zero attached hydrogens (tertiary/aromatic N) is 2. The molecule has 1 aliphatic rings. The molecule has 3 N–H and O–H groups in total. The average Bonchev–Trinajstić information content (AvgIpc) is 3.23. The summed E-state index contributed by atoms with van der Waals surface area (Å²) < 4.78 is 47.5. The van der Waals surface area contributed by atoms with E-state index in [0.717, 1.165) is 19.4 Å². The zero-order valence-electron chi connectivity index (χ0n) is 17.4. The highest BCUT2D eigenvalue weighted by Gasteiger charge is 2.31. The maximum absolute atomic E-state index is 12.6. The maximum atomic E-state index is 12.6. The van der Waals surface area contributed by atoms with E-state index in [1.165, 1.54) is 18.2 Å². The van der Waals surface area contributed by atoms with Crippen molar-refractivity contribution in [3.8, 4) is 17.0 Å². The lowest BCUT2D eigenvalue weighted by Crippen LogP contribution is -2.30. The third-order valence-corrected chi connectivity index (χ3v) is 4.94. The zero-order chi connectivity index (χ0) is 22.4. The number of alkyl halides is 3. The Hall–Kier alpha value is -2.59. The van der Waals surface area contributed by atoms with Crippen molar-refractivity contribution in [3.63, 3.8) is 0 Å². The summed E-state index contributed by atoms with van der Waals surface area (Å²) >= 11 is 0. The topological polar surface area (TPSA) is 88.5 Å². The number of aliphatic hydroxyl groups excluding tert-OH is 1. The van der Waals surface area contributed by atoms with E-state index in [9.17, 15) is 18.3 Å². The molecule has 2 atom stereocenters. The molecule has 1 saturated heterocycles. The number of halogens is 3. The molecule has 0 saturated carbocycles. The first-order chi connectivity index (χ1) is 14.7. The molecule has 1 aliphatic heterocycles. The number of benzene rings is 1. The van der Waals surface area contributed by atoms with Gasteiger partial charge in [-0.3, -0.25) is 0 Å². The molecule has 170 valence electrons. The summed E-state index contributed by atoms with van der Waals surface area (Å²) in [7, 11) is 0. The predicted octanol–water partition coefficient (Wildman–Crippen LogP) is 4.06. The van der Waals surface area contributed by atoms with Gasteiger partial charge in [-0.05, 0) is 30.9 Å². The van der Waals surface area contributed by atoms with Gasteiger partial charge in [0, 0.05) is 24.8 Å². The summed E-state index contributed by atoms with van der Waals surface area (Å²) in [6, 6.07) is 7.00. The second kappa shape index (κ2) is 10.1. The Kier molecular flexibility index (Phi) is 7.55. The number of aliphatic hydroxyl groups is 1. The molecule has 31 heavy (non-hydrogen) atoms. The molecule has 0 spiro atoms. The van der Waals surface area contributed by atoms with Crippen LogP contribution in [0, 0.1) is 5.92 Å². The van der Waals surface area contributed by atoms with E-state index in [1.54, 1.807) is 12.1 Å². The molecule has 0 aliphatic carbocycles. The molecule has 0 amide bonds. The van der Waals surface area contributed by atoms with Gasteiger partial charge in [-0.25, -0.2) is 4.98 Å². The van der Waals surface area contributed by atoms with Crippen LogP contribution in [0.4, 0.5) is 24.9 Å². The highest BCUT2D eigenvalue weighted by molar-refractivity contribution is 5.66. The monoisotopic (exact) mass is 440 g/mol. The van der Waals surface area contributed by atoms with E-state index in [2.05, 4.69) is 25.3 Å². The molecule has 2 heterocycles. The lowest BCUT2D eigenvalue weighted by molar-refractivity contribution is -0.274. The number of ether oxygens (including phenoxy) is 2. The second-order valence-corrected chi connectivity index (χ2v) is 7.73. The predicted molar refractivity (Wildman–Crippen MR) is 111 cm³/mol. The van der Waals surface area contributed by atoms with Crippen LogP contribution in [0.15, 0.2) is 30.3 Å². The molecule has 0 bridgehead atoms. The Morgan fingerprint density at radius 1 is 1.26 bits per heavy atom. The Labute approximate surface area is 179 Å². The molecule has 1 aromatic heterocycles. The number of anilines is 2. The fourth-order valence-electron chi connectivity index (χ4n) is 3.22. The molecule has 2 aromatic rings. The number of aromatic nitrogens is 2. The van der Waals surface area contributed by atoms with Crippen molar-refractivity contribution in [2.24, 2.45) is 5.92 Å². The van der Waals surface area contributed by atoms with Crippen molar-refractivity contribution < 1.29 is 27.8 Å². The molecule has 7 nitrogen and oxygen atoms in total. The number of hydrogen-bond donors (Lipinski definition) is 3. The van der Waals surface area contributed by atoms with Crippen molar-refractivity contribution >= 4 is 11.8 Å². The SMILES string of the molecule is CC(C)[C@@H](CO)Nc1nc(NC[C@@H]2CCCO2)cc(-c2cccc(OC(F)(F)F)c2)n1. The van der Waals surface area contributed by atoms with E-state index in [1.807, 2.05) is 13.8 Å². The minimum atomic E-state index is -4.78. The molecule has 1 aromatic carbocycles. The minimum Gasteiger partial charge on any atom is -0.406 e. The Bertz CT molecular complexity index is 858. The van der Waals surface area contributed by atoms with Crippen LogP contribution in [0.2, 0.25) is 0 Å². The van der Waals surface area contributed by atoms with Crippen LogP contribution < -0.4 is 15.4 Å². The molecule has 0 radical (unpaired) electrons. The van der Waals surface area contributed by atoms with Crippen LogP contribution in [0.1, 0.15) is 26.7 Å². The third-order valence-electron chi connectivity index (χ3n) is 4.94. The summed E-state index contributed by atoms with van der Waals surface area (Å²) in [6.45, 7) is 5.07. The molecule has 0 unspecified atom stereocenters. The second-order valence-electron chi connectivity index (χ2n) is 7.73. The van der Waals surface area contributed by atoms with E-state index >= 15 is 0 Å². The first kappa shape index (κ1) is 23.1. The van der Waals surface area contributed by atoms with E-state index in [0.29, 0.717) is 23.6 Å². The normalized spacial score (nSPS) is 17.6. The number of hydrogen-bond acceptors (Lipinski definition) is 7. The summed E-state index contributed by atoms with van der Waals surface area (Å²) in [5.74, 6) is 0.555. The quantitative estimate of drug-likeness (QED) is 0.542. The Morgan fingerprint density at radius 2 is 2.06 bits per heavy atom. The smallest absolute Gasteiger partial charge is 0.406 e. The largest absolute Gasteiger partial charge is 0.573 e. The number of rotatable bonds is 9. The van der Waals surface area contributed by atoms with Crippen molar-refractivity contribution in [1.82, 2.24) is 9.97 Å². The fourth-order valence-corrected chi connectivity index (χ4v) is 3.22. The van der Waals surface area contributed by atoms with Crippen LogP contribution >= 0.6 is 0 Å². The Balaban J connectivity index is 1.89. The zero-order valence-corrected chi connectivity index (χ0v) is 17.4. The van der Waals surface area contributed by atoms with Gasteiger partial charge in [-0.1, -0.05) is 26.0 Å². The first-order valence-corrected chi connectivity index (χ1v) is 10.2. The van der Waals surface area contributed by atoms with E-state index < -0.39 is 6.36 Å². The van der Waals surface area contributed by atoms with Crippen molar-refractivity contribution in [3.05, 3.63) is 30.3 Å². The standard InChI is InChI=1S/C21H27F3N4O3/c1-13(2)18(12-29)27-20-26-17(10-19(28-20)25-11-16-7-4-8-30-16)14-5-3-6-15(9-14)31-21(22,23)24/h3,5-6,9-10,13,16,18,29H,4,7-8,11-12H2,1-2H3,(H2,25,26,27,28)/t16-,18+/m0/s1. The summed E-state index contributed by atoms with van der Waals surface area (Å²) in [5.41, 5.74) is 0.859. The average molecular weight is 440 g/mol. The van der Waals surface area contributed by atoms with Gasteiger partial charge in [0.15, 0.2) is 0 Å². The molecule has 1 fully saturated rings. The van der Waals surface area contributed by atoms with Crippen molar-refractivity contribution in [2.75, 3.05) is 30.4 Å². The lowest BCUT2D eigenvalue weighted by atomic mass is 10.1. The number of nitrogens with one attached hydrogen (secondary N) is 2. The van der Waals surface area contributed by atoms with Gasteiger partial charge in [0.05, 0.1) is 24.4 Å². The van der Waals surface area contributed by atoms with Gasteiger partial charge in [0.2, 0.25) is 5.95 Å². The summed E-state index contributed by atoms with van der Waals surface area (Å²) in [4.78, 5) is 8.91. The van der Waals surface area contributed by atoms with Crippen LogP contribution in [0.5, 0.6) is 5.75 Å². The van der Waals surface area contributed by atoms with E-state index in [-0.39, 0.29) is 36.4 Å². The van der Waals surface area contributed by atoms with Crippen molar-refractivity contribution in [2.45, 2.75) is 45.2 Å². The first-order valence-electron chi connectivity index (χ1n) is 10.2. The van der Waals surface area contributed by atoms with Gasteiger partial charge >= 0.3 is 6.36 Å². The van der Waals surface area contributed by atoms with Gasteiger partial charge in [0.25, 0.3) is 0 Å². The van der Waals surface area contributed by atoms with Gasteiger partial charge in [-0.15, -0.1) is 13.2 Å². The van der Waals surface area contributed by atoms with Crippen molar-refractivity contribution in [1.29, 1.82) is 0 Å². The van der Waals surface area contributed by atoms with Gasteiger partial charge < -0.3 is 25.2 Å². The van der Waals surface area contributed by atoms with Crippen LogP contribution in [-0.4, -0.2) is 53.3 Å². The maximum Gasteiger partial charge on any atom is 0.573 e. The van der Waals surface area contributed by atoms with Crippen LogP contribution in [0.25, 0.3) is 11.3 Å². The fraction of sp³-hybridized carbons (Fsp3) is 0.524. The van der Waals surface area contributed by atoms with Gasteiger partial charge in [-0.2, -0.15) is 4.98 Å². The molecule has 10 heteroatoms. The van der Waals surface area contributed by atoms with Crippen LogP contribution in [0.3, 0.4) is 0 Å². The minimum absolute atomic E-state index is 0.0826. The molecular formula is C21H27F3N4O3.